The number of carbonyl (C=O) groups excluding carboxylic acids is 1. The van der Waals surface area contributed by atoms with Crippen LogP contribution < -0.4 is 5.32 Å². The van der Waals surface area contributed by atoms with E-state index in [2.05, 4.69) is 24.4 Å². The van der Waals surface area contributed by atoms with Gasteiger partial charge in [-0.2, -0.15) is 0 Å². The maximum absolute atomic E-state index is 11.8. The van der Waals surface area contributed by atoms with E-state index in [-0.39, 0.29) is 18.1 Å². The number of hydrogen-bond donors (Lipinski definition) is 2. The van der Waals surface area contributed by atoms with E-state index in [1.165, 1.54) is 11.6 Å². The number of benzene rings is 1. The van der Waals surface area contributed by atoms with Crippen molar-refractivity contribution in [1.82, 2.24) is 5.32 Å². The van der Waals surface area contributed by atoms with Crippen LogP contribution >= 0.6 is 0 Å². The van der Waals surface area contributed by atoms with Gasteiger partial charge in [0, 0.05) is 6.08 Å². The Labute approximate surface area is 114 Å². The molecule has 1 aliphatic carbocycles. The van der Waals surface area contributed by atoms with Crippen LogP contribution in [0, 0.1) is 0 Å². The van der Waals surface area contributed by atoms with Gasteiger partial charge in [-0.15, -0.1) is 0 Å². The Bertz CT molecular complexity index is 453. The molecule has 1 amide bonds. The fourth-order valence-corrected chi connectivity index (χ4v) is 2.27. The van der Waals surface area contributed by atoms with Gasteiger partial charge in [0.25, 0.3) is 0 Å². The Balaban J connectivity index is 1.92. The summed E-state index contributed by atoms with van der Waals surface area (Å²) < 4.78 is 0. The zero-order valence-corrected chi connectivity index (χ0v) is 11.4. The number of nitrogens with one attached hydrogen (secondary N) is 1. The molecule has 102 valence electrons. The van der Waals surface area contributed by atoms with E-state index < -0.39 is 0 Å². The van der Waals surface area contributed by atoms with Crippen LogP contribution in [0.2, 0.25) is 0 Å². The van der Waals surface area contributed by atoms with Gasteiger partial charge in [-0.1, -0.05) is 31.2 Å². The third-order valence-electron chi connectivity index (χ3n) is 3.82. The third-order valence-corrected chi connectivity index (χ3v) is 3.82. The first-order chi connectivity index (χ1) is 9.17. The Morgan fingerprint density at radius 1 is 1.37 bits per heavy atom. The second-order valence-corrected chi connectivity index (χ2v) is 5.21. The first-order valence-electron chi connectivity index (χ1n) is 6.87. The molecule has 3 heteroatoms. The van der Waals surface area contributed by atoms with Gasteiger partial charge in [-0.25, -0.2) is 0 Å². The molecule has 1 aliphatic rings. The summed E-state index contributed by atoms with van der Waals surface area (Å²) in [6.07, 6.45) is 7.17. The van der Waals surface area contributed by atoms with Gasteiger partial charge in [0.15, 0.2) is 0 Å². The minimum Gasteiger partial charge on any atom is -0.394 e. The van der Waals surface area contributed by atoms with Crippen LogP contribution in [0.1, 0.15) is 37.3 Å². The van der Waals surface area contributed by atoms with Crippen molar-refractivity contribution >= 4 is 12.0 Å². The first-order valence-corrected chi connectivity index (χ1v) is 6.87. The predicted molar refractivity (Wildman–Crippen MR) is 76.7 cm³/mol. The number of amides is 1. The highest BCUT2D eigenvalue weighted by molar-refractivity contribution is 5.92. The largest absolute Gasteiger partial charge is 0.394 e. The average Bonchev–Trinajstić information content (AvgIpc) is 2.41. The van der Waals surface area contributed by atoms with Crippen LogP contribution in [-0.4, -0.2) is 23.2 Å². The maximum atomic E-state index is 11.8. The number of aliphatic hydroxyl groups is 1. The van der Waals surface area contributed by atoms with Crippen molar-refractivity contribution in [3.8, 4) is 0 Å². The van der Waals surface area contributed by atoms with E-state index in [1.807, 2.05) is 12.1 Å². The molecule has 0 saturated heterocycles. The van der Waals surface area contributed by atoms with Crippen molar-refractivity contribution in [1.29, 1.82) is 0 Å². The summed E-state index contributed by atoms with van der Waals surface area (Å²) in [6.45, 7) is 2.14. The van der Waals surface area contributed by atoms with Crippen molar-refractivity contribution in [3.05, 3.63) is 41.5 Å². The zero-order valence-electron chi connectivity index (χ0n) is 11.4. The van der Waals surface area contributed by atoms with E-state index >= 15 is 0 Å². The van der Waals surface area contributed by atoms with Crippen LogP contribution in [-0.2, 0) is 11.2 Å². The fraction of sp³-hybridized carbons (Fsp3) is 0.438. The Morgan fingerprint density at radius 3 is 2.53 bits per heavy atom. The van der Waals surface area contributed by atoms with Crippen molar-refractivity contribution in [3.63, 3.8) is 0 Å². The summed E-state index contributed by atoms with van der Waals surface area (Å²) in [7, 11) is 0. The average molecular weight is 259 g/mol. The van der Waals surface area contributed by atoms with Crippen molar-refractivity contribution < 1.29 is 9.90 Å². The number of rotatable bonds is 5. The Hall–Kier alpha value is -1.61. The molecule has 19 heavy (non-hydrogen) atoms. The number of carbonyl (C=O) groups is 1. The van der Waals surface area contributed by atoms with Crippen LogP contribution in [0.25, 0.3) is 6.08 Å². The minimum atomic E-state index is -0.368. The smallest absolute Gasteiger partial charge is 0.244 e. The summed E-state index contributed by atoms with van der Waals surface area (Å²) in [5.74, 6) is -0.131. The lowest BCUT2D eigenvalue weighted by Crippen LogP contribution is -2.55. The van der Waals surface area contributed by atoms with Crippen LogP contribution in [0.3, 0.4) is 0 Å². The Morgan fingerprint density at radius 2 is 2.05 bits per heavy atom. The third kappa shape index (κ3) is 3.44. The van der Waals surface area contributed by atoms with Crippen LogP contribution in [0.15, 0.2) is 30.3 Å². The van der Waals surface area contributed by atoms with Gasteiger partial charge < -0.3 is 10.4 Å². The van der Waals surface area contributed by atoms with Crippen molar-refractivity contribution in [2.45, 2.75) is 38.1 Å². The molecular formula is C16H21NO2. The molecule has 1 aromatic carbocycles. The molecule has 2 N–H and O–H groups in total. The van der Waals surface area contributed by atoms with E-state index in [1.54, 1.807) is 6.08 Å². The molecule has 0 unspecified atom stereocenters. The quantitative estimate of drug-likeness (QED) is 0.797. The molecule has 1 fully saturated rings. The van der Waals surface area contributed by atoms with E-state index in [0.717, 1.165) is 31.2 Å². The zero-order chi connectivity index (χ0) is 13.7. The lowest BCUT2D eigenvalue weighted by molar-refractivity contribution is -0.120. The molecule has 0 atom stereocenters. The molecule has 1 saturated carbocycles. The highest BCUT2D eigenvalue weighted by Gasteiger charge is 2.37. The Kier molecular flexibility index (Phi) is 4.38. The first kappa shape index (κ1) is 13.8. The maximum Gasteiger partial charge on any atom is 0.244 e. The van der Waals surface area contributed by atoms with Crippen LogP contribution in [0.4, 0.5) is 0 Å². The molecular weight excluding hydrogens is 238 g/mol. The summed E-state index contributed by atoms with van der Waals surface area (Å²) in [5.41, 5.74) is 1.93. The molecule has 0 heterocycles. The molecule has 0 aliphatic heterocycles. The number of aliphatic hydroxyl groups excluding tert-OH is 1. The van der Waals surface area contributed by atoms with E-state index in [4.69, 9.17) is 0 Å². The fourth-order valence-electron chi connectivity index (χ4n) is 2.27. The molecule has 3 nitrogen and oxygen atoms in total. The van der Waals surface area contributed by atoms with E-state index in [0.29, 0.717) is 0 Å². The summed E-state index contributed by atoms with van der Waals surface area (Å²) in [5, 5.41) is 12.2. The van der Waals surface area contributed by atoms with Gasteiger partial charge in [-0.05, 0) is 42.9 Å². The highest BCUT2D eigenvalue weighted by Crippen LogP contribution is 2.31. The number of hydrogen-bond acceptors (Lipinski definition) is 2. The highest BCUT2D eigenvalue weighted by atomic mass is 16.3. The second-order valence-electron chi connectivity index (χ2n) is 5.21. The lowest BCUT2D eigenvalue weighted by Gasteiger charge is -2.40. The summed E-state index contributed by atoms with van der Waals surface area (Å²) in [4.78, 5) is 11.8. The normalized spacial score (nSPS) is 17.2. The number of aryl methyl sites for hydroxylation is 1. The van der Waals surface area contributed by atoms with Gasteiger partial charge in [-0.3, -0.25) is 4.79 Å². The molecule has 0 aromatic heterocycles. The van der Waals surface area contributed by atoms with Gasteiger partial charge in [0.1, 0.15) is 0 Å². The minimum absolute atomic E-state index is 0.0256. The SMILES string of the molecule is CCc1ccc(/C=C/C(=O)NC2(CO)CCC2)cc1. The molecule has 1 aromatic rings. The molecule has 0 bridgehead atoms. The van der Waals surface area contributed by atoms with Crippen molar-refractivity contribution in [2.75, 3.05) is 6.61 Å². The monoisotopic (exact) mass is 259 g/mol. The van der Waals surface area contributed by atoms with Gasteiger partial charge in [0.2, 0.25) is 5.91 Å². The van der Waals surface area contributed by atoms with E-state index in [9.17, 15) is 9.90 Å². The molecule has 0 spiro atoms. The summed E-state index contributed by atoms with van der Waals surface area (Å²) in [6, 6.07) is 8.15. The topological polar surface area (TPSA) is 49.3 Å². The predicted octanol–water partition coefficient (Wildman–Crippen LogP) is 2.29. The lowest BCUT2D eigenvalue weighted by atomic mass is 9.77. The standard InChI is InChI=1S/C16H21NO2/c1-2-13-4-6-14(7-5-13)8-9-15(19)17-16(12-18)10-3-11-16/h4-9,18H,2-3,10-12H2,1H3,(H,17,19)/b9-8+. The summed E-state index contributed by atoms with van der Waals surface area (Å²) >= 11 is 0. The van der Waals surface area contributed by atoms with Crippen LogP contribution in [0.5, 0.6) is 0 Å². The second kappa shape index (κ2) is 6.02. The van der Waals surface area contributed by atoms with Gasteiger partial charge in [0.05, 0.1) is 12.1 Å². The van der Waals surface area contributed by atoms with Gasteiger partial charge >= 0.3 is 0 Å². The molecule has 2 rings (SSSR count). The van der Waals surface area contributed by atoms with Crippen molar-refractivity contribution in [2.24, 2.45) is 0 Å². The molecule has 0 radical (unpaired) electrons.